The number of hydrogen-bond donors (Lipinski definition) is 0. The highest BCUT2D eigenvalue weighted by atomic mass is 16.5. The van der Waals surface area contributed by atoms with Crippen LogP contribution in [0.1, 0.15) is 41.6 Å². The molecule has 0 radical (unpaired) electrons. The van der Waals surface area contributed by atoms with Gasteiger partial charge in [0.15, 0.2) is 5.78 Å². The molecule has 2 nitrogen and oxygen atoms in total. The topological polar surface area (TPSA) is 26.3 Å². The monoisotopic (exact) mass is 280 g/mol. The summed E-state index contributed by atoms with van der Waals surface area (Å²) in [6.45, 7) is 0.786. The fourth-order valence-corrected chi connectivity index (χ4v) is 3.09. The zero-order valence-electron chi connectivity index (χ0n) is 12.1. The molecule has 1 unspecified atom stereocenters. The number of ether oxygens (including phenoxy) is 1. The number of benzene rings is 2. The number of Topliss-reactive ketones (excluding diaryl/α,β-unsaturated/α-hetero) is 1. The predicted octanol–water partition coefficient (Wildman–Crippen LogP) is 4.36. The summed E-state index contributed by atoms with van der Waals surface area (Å²) in [6, 6.07) is 19.8. The van der Waals surface area contributed by atoms with E-state index in [9.17, 15) is 4.79 Å². The Morgan fingerprint density at radius 2 is 1.67 bits per heavy atom. The van der Waals surface area contributed by atoms with Gasteiger partial charge >= 0.3 is 0 Å². The first-order valence-electron chi connectivity index (χ1n) is 7.58. The van der Waals surface area contributed by atoms with Gasteiger partial charge in [-0.3, -0.25) is 4.79 Å². The van der Waals surface area contributed by atoms with Crippen molar-refractivity contribution in [1.82, 2.24) is 0 Å². The van der Waals surface area contributed by atoms with Crippen LogP contribution in [0.2, 0.25) is 0 Å². The van der Waals surface area contributed by atoms with Crippen molar-refractivity contribution in [2.24, 2.45) is 0 Å². The molecule has 2 heteroatoms. The molecule has 0 bridgehead atoms. The van der Waals surface area contributed by atoms with Crippen molar-refractivity contribution >= 4 is 5.78 Å². The number of rotatable bonds is 5. The van der Waals surface area contributed by atoms with Gasteiger partial charge < -0.3 is 4.74 Å². The van der Waals surface area contributed by atoms with Gasteiger partial charge in [-0.1, -0.05) is 60.7 Å². The summed E-state index contributed by atoms with van der Waals surface area (Å²) in [6.07, 6.45) is 3.34. The third kappa shape index (κ3) is 3.06. The van der Waals surface area contributed by atoms with E-state index in [4.69, 9.17) is 4.74 Å². The zero-order chi connectivity index (χ0) is 14.5. The van der Waals surface area contributed by atoms with E-state index in [0.717, 1.165) is 31.4 Å². The minimum atomic E-state index is -0.272. The third-order valence-electron chi connectivity index (χ3n) is 4.25. The lowest BCUT2D eigenvalue weighted by atomic mass is 9.85. The van der Waals surface area contributed by atoms with Crippen molar-refractivity contribution in [1.29, 1.82) is 0 Å². The van der Waals surface area contributed by atoms with Gasteiger partial charge in [0.2, 0.25) is 0 Å². The lowest BCUT2D eigenvalue weighted by Gasteiger charge is -2.28. The van der Waals surface area contributed by atoms with Crippen molar-refractivity contribution in [3.8, 4) is 0 Å². The fraction of sp³-hybridized carbons (Fsp3) is 0.316. The molecule has 1 fully saturated rings. The van der Waals surface area contributed by atoms with Crippen LogP contribution in [0.25, 0.3) is 0 Å². The number of hydrogen-bond acceptors (Lipinski definition) is 2. The fourth-order valence-electron chi connectivity index (χ4n) is 3.09. The molecule has 108 valence electrons. The predicted molar refractivity (Wildman–Crippen MR) is 83.3 cm³/mol. The van der Waals surface area contributed by atoms with E-state index in [2.05, 4.69) is 12.1 Å². The Kier molecular flexibility index (Phi) is 4.16. The smallest absolute Gasteiger partial charge is 0.162 e. The van der Waals surface area contributed by atoms with Crippen molar-refractivity contribution in [3.63, 3.8) is 0 Å². The maximum atomic E-state index is 12.3. The number of carbonyl (C=O) groups is 1. The lowest BCUT2D eigenvalue weighted by Crippen LogP contribution is -2.25. The van der Waals surface area contributed by atoms with Crippen LogP contribution >= 0.6 is 0 Å². The highest BCUT2D eigenvalue weighted by molar-refractivity contribution is 5.96. The molecule has 0 amide bonds. The summed E-state index contributed by atoms with van der Waals surface area (Å²) in [4.78, 5) is 12.3. The van der Waals surface area contributed by atoms with Crippen molar-refractivity contribution < 1.29 is 9.53 Å². The standard InChI is InChI=1S/C19H20O2/c20-18(16-8-3-1-4-9-16)12-14-19(13-7-15-21-19)17-10-5-2-6-11-17/h1-6,8-11H,7,12-15H2. The Labute approximate surface area is 125 Å². The first kappa shape index (κ1) is 14.0. The molecule has 0 spiro atoms. The first-order chi connectivity index (χ1) is 10.3. The maximum Gasteiger partial charge on any atom is 0.162 e. The molecule has 1 atom stereocenters. The average Bonchev–Trinajstić information content (AvgIpc) is 3.04. The normalized spacial score (nSPS) is 21.3. The molecule has 2 aromatic carbocycles. The molecular weight excluding hydrogens is 260 g/mol. The molecule has 0 N–H and O–H groups in total. The molecule has 21 heavy (non-hydrogen) atoms. The second-order valence-corrected chi connectivity index (χ2v) is 5.60. The molecule has 0 saturated carbocycles. The Hall–Kier alpha value is -1.93. The summed E-state index contributed by atoms with van der Waals surface area (Å²) in [5, 5.41) is 0. The third-order valence-corrected chi connectivity index (χ3v) is 4.25. The van der Waals surface area contributed by atoms with E-state index in [1.165, 1.54) is 5.56 Å². The van der Waals surface area contributed by atoms with Crippen LogP contribution in [-0.4, -0.2) is 12.4 Å². The summed E-state index contributed by atoms with van der Waals surface area (Å²) in [5.41, 5.74) is 1.72. The van der Waals surface area contributed by atoms with Gasteiger partial charge in [-0.05, 0) is 24.8 Å². The minimum Gasteiger partial charge on any atom is -0.370 e. The Bertz CT molecular complexity index is 583. The van der Waals surface area contributed by atoms with Gasteiger partial charge in [-0.15, -0.1) is 0 Å². The Morgan fingerprint density at radius 1 is 1.00 bits per heavy atom. The Balaban J connectivity index is 1.74. The van der Waals surface area contributed by atoms with E-state index in [-0.39, 0.29) is 11.4 Å². The SMILES string of the molecule is O=C(CCC1(c2ccccc2)CCCO1)c1ccccc1. The molecule has 1 saturated heterocycles. The van der Waals surface area contributed by atoms with Crippen LogP contribution in [-0.2, 0) is 10.3 Å². The largest absolute Gasteiger partial charge is 0.370 e. The molecule has 1 heterocycles. The second kappa shape index (κ2) is 6.23. The van der Waals surface area contributed by atoms with Crippen molar-refractivity contribution in [2.75, 3.05) is 6.61 Å². The summed E-state index contributed by atoms with van der Waals surface area (Å²) < 4.78 is 6.06. The molecule has 0 aliphatic carbocycles. The van der Waals surface area contributed by atoms with Crippen LogP contribution in [0, 0.1) is 0 Å². The van der Waals surface area contributed by atoms with Gasteiger partial charge in [-0.25, -0.2) is 0 Å². The summed E-state index contributed by atoms with van der Waals surface area (Å²) in [5.74, 6) is 0.196. The number of carbonyl (C=O) groups excluding carboxylic acids is 1. The summed E-state index contributed by atoms with van der Waals surface area (Å²) in [7, 11) is 0. The van der Waals surface area contributed by atoms with Gasteiger partial charge in [0.25, 0.3) is 0 Å². The quantitative estimate of drug-likeness (QED) is 0.761. The molecule has 0 aromatic heterocycles. The van der Waals surface area contributed by atoms with E-state index in [1.807, 2.05) is 48.5 Å². The zero-order valence-corrected chi connectivity index (χ0v) is 12.1. The lowest BCUT2D eigenvalue weighted by molar-refractivity contribution is -0.00782. The van der Waals surface area contributed by atoms with E-state index >= 15 is 0 Å². The van der Waals surface area contributed by atoms with Crippen LogP contribution < -0.4 is 0 Å². The van der Waals surface area contributed by atoms with Crippen LogP contribution in [0.4, 0.5) is 0 Å². The number of ketones is 1. The van der Waals surface area contributed by atoms with Crippen LogP contribution in [0.15, 0.2) is 60.7 Å². The first-order valence-corrected chi connectivity index (χ1v) is 7.58. The maximum absolute atomic E-state index is 12.3. The van der Waals surface area contributed by atoms with Gasteiger partial charge in [0, 0.05) is 18.6 Å². The molecular formula is C19H20O2. The van der Waals surface area contributed by atoms with Gasteiger partial charge in [0.05, 0.1) is 5.60 Å². The Morgan fingerprint density at radius 3 is 2.29 bits per heavy atom. The minimum absolute atomic E-state index is 0.196. The van der Waals surface area contributed by atoms with Crippen molar-refractivity contribution in [3.05, 3.63) is 71.8 Å². The molecule has 2 aromatic rings. The van der Waals surface area contributed by atoms with Crippen molar-refractivity contribution in [2.45, 2.75) is 31.3 Å². The van der Waals surface area contributed by atoms with Gasteiger partial charge in [-0.2, -0.15) is 0 Å². The average molecular weight is 280 g/mol. The van der Waals surface area contributed by atoms with E-state index in [0.29, 0.717) is 6.42 Å². The highest BCUT2D eigenvalue weighted by Gasteiger charge is 2.36. The molecule has 3 rings (SSSR count). The molecule has 1 aliphatic rings. The summed E-state index contributed by atoms with van der Waals surface area (Å²) >= 11 is 0. The van der Waals surface area contributed by atoms with E-state index < -0.39 is 0 Å². The van der Waals surface area contributed by atoms with Crippen LogP contribution in [0.5, 0.6) is 0 Å². The van der Waals surface area contributed by atoms with Gasteiger partial charge in [0.1, 0.15) is 0 Å². The second-order valence-electron chi connectivity index (χ2n) is 5.60. The molecule has 1 aliphatic heterocycles. The highest BCUT2D eigenvalue weighted by Crippen LogP contribution is 2.40. The van der Waals surface area contributed by atoms with E-state index in [1.54, 1.807) is 0 Å². The van der Waals surface area contributed by atoms with Crippen LogP contribution in [0.3, 0.4) is 0 Å².